The third kappa shape index (κ3) is 2.29. The molecule has 0 radical (unpaired) electrons. The molecule has 0 aliphatic carbocycles. The summed E-state index contributed by atoms with van der Waals surface area (Å²) in [7, 11) is 1.66. The van der Waals surface area contributed by atoms with Crippen LogP contribution in [0.25, 0.3) is 0 Å². The average molecular weight is 205 g/mol. The van der Waals surface area contributed by atoms with Crippen molar-refractivity contribution in [3.8, 4) is 5.75 Å². The second-order valence-corrected chi connectivity index (χ2v) is 3.79. The van der Waals surface area contributed by atoms with Gasteiger partial charge in [0.25, 0.3) is 0 Å². The molecule has 0 aromatic heterocycles. The van der Waals surface area contributed by atoms with Crippen molar-refractivity contribution in [1.29, 1.82) is 0 Å². The van der Waals surface area contributed by atoms with E-state index in [-0.39, 0.29) is 0 Å². The fraction of sp³-hybridized carbons (Fsp3) is 0.417. The van der Waals surface area contributed by atoms with Crippen LogP contribution in [0.3, 0.4) is 0 Å². The Morgan fingerprint density at radius 3 is 2.60 bits per heavy atom. The Bertz CT molecular complexity index is 356. The Balaban J connectivity index is 2.16. The van der Waals surface area contributed by atoms with Crippen molar-refractivity contribution < 1.29 is 9.47 Å². The van der Waals surface area contributed by atoms with E-state index in [0.717, 1.165) is 30.4 Å². The van der Waals surface area contributed by atoms with Gasteiger partial charge in [0.05, 0.1) is 13.7 Å². The molecule has 1 aliphatic rings. The molecule has 3 heteroatoms. The molecule has 1 aromatic carbocycles. The van der Waals surface area contributed by atoms with Gasteiger partial charge < -0.3 is 9.47 Å². The van der Waals surface area contributed by atoms with Crippen LogP contribution < -0.4 is 4.74 Å². The zero-order valence-electron chi connectivity index (χ0n) is 9.06. The maximum atomic E-state index is 5.56. The molecule has 0 spiro atoms. The zero-order chi connectivity index (χ0) is 10.7. The molecular formula is C12H15NO2. The lowest BCUT2D eigenvalue weighted by Crippen LogP contribution is -2.21. The molecule has 15 heavy (non-hydrogen) atoms. The number of hydrogen-bond acceptors (Lipinski definition) is 3. The summed E-state index contributed by atoms with van der Waals surface area (Å²) in [6, 6.07) is 7.76. The van der Waals surface area contributed by atoms with Crippen molar-refractivity contribution in [1.82, 2.24) is 0 Å². The van der Waals surface area contributed by atoms with E-state index in [1.807, 2.05) is 24.3 Å². The molecule has 0 fully saturated rings. The Morgan fingerprint density at radius 2 is 2.07 bits per heavy atom. The lowest BCUT2D eigenvalue weighted by atomic mass is 10.1. The fourth-order valence-electron chi connectivity index (χ4n) is 1.47. The van der Waals surface area contributed by atoms with Gasteiger partial charge in [0.2, 0.25) is 5.90 Å². The number of rotatable bonds is 2. The quantitative estimate of drug-likeness (QED) is 0.740. The second-order valence-electron chi connectivity index (χ2n) is 3.79. The van der Waals surface area contributed by atoms with E-state index < -0.39 is 0 Å². The van der Waals surface area contributed by atoms with Gasteiger partial charge in [0.15, 0.2) is 0 Å². The van der Waals surface area contributed by atoms with Crippen LogP contribution in [0.5, 0.6) is 5.75 Å². The van der Waals surface area contributed by atoms with Crippen LogP contribution in [0.4, 0.5) is 0 Å². The molecule has 0 saturated heterocycles. The third-order valence-corrected chi connectivity index (χ3v) is 2.39. The highest BCUT2D eigenvalue weighted by atomic mass is 16.5. The zero-order valence-corrected chi connectivity index (χ0v) is 9.06. The molecule has 0 amide bonds. The molecule has 1 aromatic rings. The normalized spacial score (nSPS) is 20.4. The van der Waals surface area contributed by atoms with E-state index in [0.29, 0.717) is 5.92 Å². The lowest BCUT2D eigenvalue weighted by Gasteiger charge is -2.18. The van der Waals surface area contributed by atoms with Gasteiger partial charge in [-0.15, -0.1) is 0 Å². The highest BCUT2D eigenvalue weighted by Crippen LogP contribution is 2.15. The first-order valence-electron chi connectivity index (χ1n) is 5.11. The van der Waals surface area contributed by atoms with E-state index in [9.17, 15) is 0 Å². The van der Waals surface area contributed by atoms with Gasteiger partial charge in [-0.05, 0) is 24.3 Å². The average Bonchev–Trinajstić information content (AvgIpc) is 2.30. The first-order valence-corrected chi connectivity index (χ1v) is 5.11. The number of benzene rings is 1. The van der Waals surface area contributed by atoms with Crippen LogP contribution in [-0.4, -0.2) is 26.2 Å². The molecule has 0 N–H and O–H groups in total. The van der Waals surface area contributed by atoms with Crippen LogP contribution in [0.1, 0.15) is 12.5 Å². The first-order chi connectivity index (χ1) is 7.29. The predicted octanol–water partition coefficient (Wildman–Crippen LogP) is 2.11. The van der Waals surface area contributed by atoms with Crippen molar-refractivity contribution in [2.45, 2.75) is 6.92 Å². The fourth-order valence-corrected chi connectivity index (χ4v) is 1.47. The summed E-state index contributed by atoms with van der Waals surface area (Å²) in [5.41, 5.74) is 1.02. The standard InChI is InChI=1S/C12H15NO2/c1-9-7-13-12(15-8-9)10-3-5-11(14-2)6-4-10/h3-6,9H,7-8H2,1-2H3. The number of methoxy groups -OCH3 is 1. The topological polar surface area (TPSA) is 30.8 Å². The number of ether oxygens (including phenoxy) is 2. The SMILES string of the molecule is COc1ccc(C2=NCC(C)CO2)cc1. The molecule has 3 nitrogen and oxygen atoms in total. The predicted molar refractivity (Wildman–Crippen MR) is 59.5 cm³/mol. The Labute approximate surface area is 89.7 Å². The highest BCUT2D eigenvalue weighted by molar-refractivity contribution is 5.94. The monoisotopic (exact) mass is 205 g/mol. The third-order valence-electron chi connectivity index (χ3n) is 2.39. The van der Waals surface area contributed by atoms with Crippen LogP contribution in [-0.2, 0) is 4.74 Å². The smallest absolute Gasteiger partial charge is 0.216 e. The van der Waals surface area contributed by atoms with Gasteiger partial charge in [0.1, 0.15) is 5.75 Å². The van der Waals surface area contributed by atoms with Crippen LogP contribution in [0, 0.1) is 5.92 Å². The number of aliphatic imine (C=N–C) groups is 1. The highest BCUT2D eigenvalue weighted by Gasteiger charge is 2.13. The Kier molecular flexibility index (Phi) is 2.90. The maximum Gasteiger partial charge on any atom is 0.216 e. The van der Waals surface area contributed by atoms with Crippen LogP contribution >= 0.6 is 0 Å². The molecule has 80 valence electrons. The number of hydrogen-bond donors (Lipinski definition) is 0. The molecule has 1 aliphatic heterocycles. The maximum absolute atomic E-state index is 5.56. The van der Waals surface area contributed by atoms with Gasteiger partial charge in [-0.2, -0.15) is 0 Å². The van der Waals surface area contributed by atoms with Crippen molar-refractivity contribution in [2.75, 3.05) is 20.3 Å². The van der Waals surface area contributed by atoms with E-state index in [4.69, 9.17) is 9.47 Å². The van der Waals surface area contributed by atoms with E-state index >= 15 is 0 Å². The van der Waals surface area contributed by atoms with Gasteiger partial charge in [-0.3, -0.25) is 4.99 Å². The lowest BCUT2D eigenvalue weighted by molar-refractivity contribution is 0.232. The summed E-state index contributed by atoms with van der Waals surface area (Å²) < 4.78 is 10.7. The molecule has 1 unspecified atom stereocenters. The molecular weight excluding hydrogens is 190 g/mol. The minimum absolute atomic E-state index is 0.520. The molecule has 1 atom stereocenters. The minimum atomic E-state index is 0.520. The van der Waals surface area contributed by atoms with Crippen molar-refractivity contribution in [3.05, 3.63) is 29.8 Å². The molecule has 1 heterocycles. The second kappa shape index (κ2) is 4.34. The van der Waals surface area contributed by atoms with E-state index in [1.165, 1.54) is 0 Å². The molecule has 0 saturated carbocycles. The summed E-state index contributed by atoms with van der Waals surface area (Å²) in [6.07, 6.45) is 0. The summed E-state index contributed by atoms with van der Waals surface area (Å²) in [5, 5.41) is 0. The van der Waals surface area contributed by atoms with Crippen LogP contribution in [0.15, 0.2) is 29.3 Å². The van der Waals surface area contributed by atoms with E-state index in [2.05, 4.69) is 11.9 Å². The summed E-state index contributed by atoms with van der Waals surface area (Å²) in [4.78, 5) is 4.39. The summed E-state index contributed by atoms with van der Waals surface area (Å²) in [6.45, 7) is 3.74. The van der Waals surface area contributed by atoms with Crippen molar-refractivity contribution >= 4 is 5.90 Å². The summed E-state index contributed by atoms with van der Waals surface area (Å²) >= 11 is 0. The Hall–Kier alpha value is -1.51. The summed E-state index contributed by atoms with van der Waals surface area (Å²) in [5.74, 6) is 2.12. The van der Waals surface area contributed by atoms with Crippen molar-refractivity contribution in [3.63, 3.8) is 0 Å². The number of nitrogens with zero attached hydrogens (tertiary/aromatic N) is 1. The molecule has 2 rings (SSSR count). The first kappa shape index (κ1) is 10.0. The van der Waals surface area contributed by atoms with Gasteiger partial charge in [-0.1, -0.05) is 6.92 Å². The van der Waals surface area contributed by atoms with E-state index in [1.54, 1.807) is 7.11 Å². The van der Waals surface area contributed by atoms with Gasteiger partial charge >= 0.3 is 0 Å². The van der Waals surface area contributed by atoms with Crippen LogP contribution in [0.2, 0.25) is 0 Å². The van der Waals surface area contributed by atoms with Crippen molar-refractivity contribution in [2.24, 2.45) is 10.9 Å². The minimum Gasteiger partial charge on any atom is -0.497 e. The van der Waals surface area contributed by atoms with Gasteiger partial charge in [-0.25, -0.2) is 0 Å². The molecule has 0 bridgehead atoms. The largest absolute Gasteiger partial charge is 0.497 e. The van der Waals surface area contributed by atoms with Gasteiger partial charge in [0, 0.05) is 18.0 Å². The Morgan fingerprint density at radius 1 is 1.33 bits per heavy atom.